The van der Waals surface area contributed by atoms with E-state index >= 15 is 0 Å². The number of carbonyl (C=O) groups is 1. The first kappa shape index (κ1) is 19.5. The Labute approximate surface area is 146 Å². The summed E-state index contributed by atoms with van der Waals surface area (Å²) in [5.74, 6) is -1.48. The Morgan fingerprint density at radius 3 is 2.38 bits per heavy atom. The maximum atomic E-state index is 13.3. The number of amides is 1. The lowest BCUT2D eigenvalue weighted by molar-refractivity contribution is -0.138. The summed E-state index contributed by atoms with van der Waals surface area (Å²) in [5, 5.41) is 0. The van der Waals surface area contributed by atoms with E-state index in [0.717, 1.165) is 12.1 Å². The van der Waals surface area contributed by atoms with Crippen molar-refractivity contribution in [2.75, 3.05) is 13.4 Å². The molecule has 0 saturated carbocycles. The average molecular weight is 390 g/mol. The van der Waals surface area contributed by atoms with Crippen molar-refractivity contribution >= 4 is 15.9 Å². The summed E-state index contributed by atoms with van der Waals surface area (Å²) >= 11 is 0. The average Bonchev–Trinajstić information content (AvgIpc) is 2.53. The molecule has 0 radical (unpaired) electrons. The zero-order valence-electron chi connectivity index (χ0n) is 13.5. The van der Waals surface area contributed by atoms with Gasteiger partial charge < -0.3 is 9.47 Å². The van der Waals surface area contributed by atoms with E-state index in [0.29, 0.717) is 12.3 Å². The minimum absolute atomic E-state index is 0.0182. The third-order valence-corrected chi connectivity index (χ3v) is 3.53. The van der Waals surface area contributed by atoms with Crippen molar-refractivity contribution < 1.29 is 35.9 Å². The van der Waals surface area contributed by atoms with E-state index in [4.69, 9.17) is 9.47 Å². The second kappa shape index (κ2) is 7.20. The number of carbonyl (C=O) groups excluding carboxylic acids is 1. The summed E-state index contributed by atoms with van der Waals surface area (Å²) in [6.07, 6.45) is -2.95. The third kappa shape index (κ3) is 5.09. The Balaban J connectivity index is 2.38. The Kier molecular flexibility index (Phi) is 5.40. The minimum atomic E-state index is -4.84. The maximum Gasteiger partial charge on any atom is 0.420 e. The zero-order chi connectivity index (χ0) is 19.5. The fraction of sp³-hybridized carbons (Fsp3) is 0.200. The van der Waals surface area contributed by atoms with Crippen LogP contribution >= 0.6 is 0 Å². The number of hydrogen-bond donors (Lipinski definition) is 1. The summed E-state index contributed by atoms with van der Waals surface area (Å²) in [6, 6.07) is 5.20. The number of aromatic nitrogens is 1. The van der Waals surface area contributed by atoms with Gasteiger partial charge in [-0.2, -0.15) is 13.2 Å². The van der Waals surface area contributed by atoms with Crippen LogP contribution in [0.5, 0.6) is 17.4 Å². The van der Waals surface area contributed by atoms with Crippen molar-refractivity contribution in [3.8, 4) is 17.4 Å². The quantitative estimate of drug-likeness (QED) is 0.843. The predicted molar refractivity (Wildman–Crippen MR) is 84.6 cm³/mol. The molecule has 2 rings (SSSR count). The van der Waals surface area contributed by atoms with Crippen LogP contribution in [0.3, 0.4) is 0 Å². The lowest BCUT2D eigenvalue weighted by Gasteiger charge is -2.15. The van der Waals surface area contributed by atoms with Gasteiger partial charge in [-0.25, -0.2) is 18.1 Å². The fourth-order valence-electron chi connectivity index (χ4n) is 1.88. The molecule has 1 heterocycles. The van der Waals surface area contributed by atoms with Crippen LogP contribution in [0.4, 0.5) is 13.2 Å². The summed E-state index contributed by atoms with van der Waals surface area (Å²) in [7, 11) is -2.54. The summed E-state index contributed by atoms with van der Waals surface area (Å²) in [6.45, 7) is 0. The number of hydrogen-bond acceptors (Lipinski definition) is 6. The second-order valence-electron chi connectivity index (χ2n) is 5.05. The maximum absolute atomic E-state index is 13.3. The number of alkyl halides is 3. The first-order valence-electron chi connectivity index (χ1n) is 6.91. The molecular weight excluding hydrogens is 377 g/mol. The number of nitrogens with zero attached hydrogens (tertiary/aromatic N) is 1. The van der Waals surface area contributed by atoms with Crippen molar-refractivity contribution in [3.05, 3.63) is 47.7 Å². The number of methoxy groups -OCH3 is 1. The number of pyridine rings is 1. The van der Waals surface area contributed by atoms with Crippen LogP contribution in [-0.2, 0) is 16.2 Å². The van der Waals surface area contributed by atoms with E-state index in [9.17, 15) is 26.4 Å². The summed E-state index contributed by atoms with van der Waals surface area (Å²) in [5.41, 5.74) is -1.72. The Bertz CT molecular complexity index is 912. The molecule has 0 aliphatic carbocycles. The lowest BCUT2D eigenvalue weighted by atomic mass is 10.1. The summed E-state index contributed by atoms with van der Waals surface area (Å²) in [4.78, 5) is 15.6. The van der Waals surface area contributed by atoms with Crippen LogP contribution in [0.25, 0.3) is 0 Å². The summed E-state index contributed by atoms with van der Waals surface area (Å²) < 4.78 is 73.6. The number of sulfonamides is 1. The van der Waals surface area contributed by atoms with Crippen LogP contribution in [0.1, 0.15) is 15.9 Å². The fourth-order valence-corrected chi connectivity index (χ4v) is 2.34. The number of nitrogens with one attached hydrogen (secondary N) is 1. The molecule has 1 amide bonds. The molecule has 11 heteroatoms. The number of ether oxygens (including phenoxy) is 2. The molecule has 140 valence electrons. The van der Waals surface area contributed by atoms with E-state index < -0.39 is 39.0 Å². The Hall–Kier alpha value is -2.82. The van der Waals surface area contributed by atoms with Crippen molar-refractivity contribution in [1.29, 1.82) is 0 Å². The van der Waals surface area contributed by atoms with Gasteiger partial charge in [0.05, 0.1) is 25.1 Å². The SMILES string of the molecule is COc1ccc(Oc2ccc(C(=O)NS(C)(=O)=O)cc2C(F)(F)F)cn1. The van der Waals surface area contributed by atoms with Crippen molar-refractivity contribution in [1.82, 2.24) is 9.71 Å². The largest absolute Gasteiger partial charge is 0.481 e. The monoisotopic (exact) mass is 390 g/mol. The van der Waals surface area contributed by atoms with E-state index in [-0.39, 0.29) is 11.6 Å². The van der Waals surface area contributed by atoms with Crippen molar-refractivity contribution in [3.63, 3.8) is 0 Å². The van der Waals surface area contributed by atoms with Gasteiger partial charge in [0.15, 0.2) is 0 Å². The van der Waals surface area contributed by atoms with E-state index in [1.54, 1.807) is 4.72 Å². The lowest BCUT2D eigenvalue weighted by Crippen LogP contribution is -2.29. The topological polar surface area (TPSA) is 94.6 Å². The van der Waals surface area contributed by atoms with Crippen molar-refractivity contribution in [2.24, 2.45) is 0 Å². The molecule has 0 aliphatic heterocycles. The highest BCUT2D eigenvalue weighted by Gasteiger charge is 2.35. The molecule has 26 heavy (non-hydrogen) atoms. The predicted octanol–water partition coefficient (Wildman–Crippen LogP) is 2.59. The Morgan fingerprint density at radius 2 is 1.88 bits per heavy atom. The van der Waals surface area contributed by atoms with Gasteiger partial charge in [0.2, 0.25) is 15.9 Å². The first-order chi connectivity index (χ1) is 12.0. The molecule has 0 fully saturated rings. The first-order valence-corrected chi connectivity index (χ1v) is 8.80. The molecule has 0 saturated heterocycles. The van der Waals surface area contributed by atoms with Gasteiger partial charge >= 0.3 is 6.18 Å². The normalized spacial score (nSPS) is 11.7. The molecular formula is C15H13F3N2O5S. The van der Waals surface area contributed by atoms with Gasteiger partial charge in [0, 0.05) is 11.6 Å². The standard InChI is InChI=1S/C15H13F3N2O5S/c1-24-13-6-4-10(8-19-13)25-12-5-3-9(7-11(12)15(16,17)18)14(21)20-26(2,22)23/h3-8H,1-2H3,(H,20,21). The molecule has 0 unspecified atom stereocenters. The molecule has 1 N–H and O–H groups in total. The molecule has 7 nitrogen and oxygen atoms in total. The highest BCUT2D eigenvalue weighted by Crippen LogP contribution is 2.38. The molecule has 0 spiro atoms. The van der Waals surface area contributed by atoms with Crippen LogP contribution < -0.4 is 14.2 Å². The van der Waals surface area contributed by atoms with E-state index in [2.05, 4.69) is 4.98 Å². The van der Waals surface area contributed by atoms with Gasteiger partial charge in [0.1, 0.15) is 11.5 Å². The van der Waals surface area contributed by atoms with E-state index in [1.165, 1.54) is 25.4 Å². The highest BCUT2D eigenvalue weighted by molar-refractivity contribution is 7.89. The molecule has 2 aromatic rings. The second-order valence-corrected chi connectivity index (χ2v) is 6.80. The van der Waals surface area contributed by atoms with Gasteiger partial charge in [0.25, 0.3) is 5.91 Å². The van der Waals surface area contributed by atoms with Gasteiger partial charge in [-0.15, -0.1) is 0 Å². The Morgan fingerprint density at radius 1 is 1.19 bits per heavy atom. The van der Waals surface area contributed by atoms with Crippen LogP contribution in [0.2, 0.25) is 0 Å². The molecule has 0 bridgehead atoms. The van der Waals surface area contributed by atoms with E-state index in [1.807, 2.05) is 0 Å². The zero-order valence-corrected chi connectivity index (χ0v) is 14.3. The number of rotatable bonds is 5. The van der Waals surface area contributed by atoms with Crippen LogP contribution in [-0.4, -0.2) is 32.7 Å². The van der Waals surface area contributed by atoms with Gasteiger partial charge in [-0.05, 0) is 24.3 Å². The number of halogens is 3. The molecule has 0 atom stereocenters. The molecule has 1 aromatic carbocycles. The minimum Gasteiger partial charge on any atom is -0.481 e. The van der Waals surface area contributed by atoms with Crippen LogP contribution in [0.15, 0.2) is 36.5 Å². The van der Waals surface area contributed by atoms with Gasteiger partial charge in [-0.1, -0.05) is 0 Å². The number of benzene rings is 1. The molecule has 1 aromatic heterocycles. The van der Waals surface area contributed by atoms with Crippen molar-refractivity contribution in [2.45, 2.75) is 6.18 Å². The smallest absolute Gasteiger partial charge is 0.420 e. The van der Waals surface area contributed by atoms with Gasteiger partial charge in [-0.3, -0.25) is 4.79 Å². The highest BCUT2D eigenvalue weighted by atomic mass is 32.2. The van der Waals surface area contributed by atoms with Crippen LogP contribution in [0, 0.1) is 0 Å². The third-order valence-electron chi connectivity index (χ3n) is 2.97. The molecule has 0 aliphatic rings.